The summed E-state index contributed by atoms with van der Waals surface area (Å²) in [5.74, 6) is -5.45. The molecule has 0 aliphatic rings. The predicted octanol–water partition coefficient (Wildman–Crippen LogP) is 4.07. The fourth-order valence-corrected chi connectivity index (χ4v) is 4.21. The fraction of sp³-hybridized carbons (Fsp3) is 0.136. The Labute approximate surface area is 185 Å². The molecule has 3 heterocycles. The van der Waals surface area contributed by atoms with Crippen LogP contribution in [0.1, 0.15) is 23.1 Å². The van der Waals surface area contributed by atoms with Crippen LogP contribution in [0.2, 0.25) is 0 Å². The zero-order chi connectivity index (χ0) is 22.8. The van der Waals surface area contributed by atoms with Crippen LogP contribution in [-0.4, -0.2) is 37.1 Å². The fourth-order valence-electron chi connectivity index (χ4n) is 3.26. The molecule has 4 rings (SSSR count). The summed E-state index contributed by atoms with van der Waals surface area (Å²) in [6, 6.07) is 11.5. The average molecular weight is 452 g/mol. The van der Waals surface area contributed by atoms with Crippen LogP contribution >= 0.6 is 11.3 Å². The van der Waals surface area contributed by atoms with E-state index < -0.39 is 17.9 Å². The summed E-state index contributed by atoms with van der Waals surface area (Å²) in [5.41, 5.74) is 3.00. The molecule has 162 valence electrons. The number of nitrogens with one attached hydrogen (secondary N) is 1. The van der Waals surface area contributed by atoms with E-state index in [1.54, 1.807) is 17.5 Å². The Hall–Kier alpha value is -3.92. The maximum Gasteiger partial charge on any atom is 0.325 e. The standard InChI is InChI=1S/C22H17FN4O4S/c1-11-3-2-4-14(25-11)9-24-18-16-15(12-5-7-13(23)8-6-12)10-32-20(16)27-19(26-18)17(21(28)29)22(30)31/h2-8,10,17H,9H2,1H3,(H,28,29)(H,30,31)(H,24,26,27). The minimum Gasteiger partial charge on any atom is -0.480 e. The first kappa shape index (κ1) is 21.3. The number of carboxylic acid groups (broad SMARTS) is 2. The zero-order valence-corrected chi connectivity index (χ0v) is 17.6. The van der Waals surface area contributed by atoms with Gasteiger partial charge in [0.05, 0.1) is 17.6 Å². The second-order valence-corrected chi connectivity index (χ2v) is 7.86. The van der Waals surface area contributed by atoms with Gasteiger partial charge in [-0.25, -0.2) is 14.4 Å². The van der Waals surface area contributed by atoms with Crippen LogP contribution < -0.4 is 5.32 Å². The number of carboxylic acids is 2. The SMILES string of the molecule is Cc1cccc(CNc2nc(C(C(=O)O)C(=O)O)nc3scc(-c4ccc(F)cc4)c23)n1. The number of benzene rings is 1. The number of fused-ring (bicyclic) bond motifs is 1. The summed E-state index contributed by atoms with van der Waals surface area (Å²) in [5, 5.41) is 24.3. The molecule has 0 bridgehead atoms. The topological polar surface area (TPSA) is 125 Å². The van der Waals surface area contributed by atoms with Crippen molar-refractivity contribution in [2.24, 2.45) is 0 Å². The average Bonchev–Trinajstić information content (AvgIpc) is 3.16. The van der Waals surface area contributed by atoms with Crippen molar-refractivity contribution in [1.29, 1.82) is 0 Å². The van der Waals surface area contributed by atoms with Crippen molar-refractivity contribution in [2.75, 3.05) is 5.32 Å². The van der Waals surface area contributed by atoms with Gasteiger partial charge in [-0.1, -0.05) is 18.2 Å². The third-order valence-corrected chi connectivity index (χ3v) is 5.61. The molecule has 32 heavy (non-hydrogen) atoms. The van der Waals surface area contributed by atoms with Gasteiger partial charge in [-0.15, -0.1) is 11.3 Å². The molecule has 0 atom stereocenters. The third kappa shape index (κ3) is 4.26. The number of pyridine rings is 1. The Morgan fingerprint density at radius 3 is 2.44 bits per heavy atom. The number of carbonyl (C=O) groups is 2. The van der Waals surface area contributed by atoms with Gasteiger partial charge in [0.1, 0.15) is 16.5 Å². The van der Waals surface area contributed by atoms with E-state index in [2.05, 4.69) is 20.3 Å². The largest absolute Gasteiger partial charge is 0.480 e. The first-order valence-corrected chi connectivity index (χ1v) is 10.4. The molecular weight excluding hydrogens is 435 g/mol. The molecule has 0 aliphatic heterocycles. The summed E-state index contributed by atoms with van der Waals surface area (Å²) in [6.45, 7) is 2.14. The lowest BCUT2D eigenvalue weighted by molar-refractivity contribution is -0.150. The van der Waals surface area contributed by atoms with Crippen LogP contribution in [0.3, 0.4) is 0 Å². The van der Waals surface area contributed by atoms with Crippen molar-refractivity contribution in [3.8, 4) is 11.1 Å². The van der Waals surface area contributed by atoms with Crippen LogP contribution in [0, 0.1) is 12.7 Å². The molecule has 3 N–H and O–H groups in total. The van der Waals surface area contributed by atoms with E-state index in [1.807, 2.05) is 25.1 Å². The minimum atomic E-state index is -1.91. The second kappa shape index (κ2) is 8.67. The van der Waals surface area contributed by atoms with Gasteiger partial charge >= 0.3 is 11.9 Å². The van der Waals surface area contributed by atoms with Crippen LogP contribution in [0.25, 0.3) is 21.3 Å². The molecule has 0 spiro atoms. The number of aromatic nitrogens is 3. The van der Waals surface area contributed by atoms with Gasteiger partial charge in [-0.05, 0) is 36.8 Å². The van der Waals surface area contributed by atoms with E-state index in [0.717, 1.165) is 22.5 Å². The monoisotopic (exact) mass is 452 g/mol. The van der Waals surface area contributed by atoms with Crippen molar-refractivity contribution in [2.45, 2.75) is 19.4 Å². The Bertz CT molecular complexity index is 1310. The smallest absolute Gasteiger partial charge is 0.325 e. The van der Waals surface area contributed by atoms with Gasteiger partial charge in [0.2, 0.25) is 5.92 Å². The Balaban J connectivity index is 1.85. The van der Waals surface area contributed by atoms with E-state index in [4.69, 9.17) is 0 Å². The molecule has 0 unspecified atom stereocenters. The van der Waals surface area contributed by atoms with E-state index in [1.165, 1.54) is 23.5 Å². The molecular formula is C22H17FN4O4S. The van der Waals surface area contributed by atoms with Crippen molar-refractivity contribution >= 4 is 39.3 Å². The highest BCUT2D eigenvalue weighted by Gasteiger charge is 2.32. The number of anilines is 1. The van der Waals surface area contributed by atoms with Crippen LogP contribution in [0.5, 0.6) is 0 Å². The zero-order valence-electron chi connectivity index (χ0n) is 16.7. The number of aliphatic carboxylic acids is 2. The van der Waals surface area contributed by atoms with Gasteiger partial charge in [0.15, 0.2) is 5.82 Å². The normalized spacial score (nSPS) is 11.1. The molecule has 10 heteroatoms. The highest BCUT2D eigenvalue weighted by atomic mass is 32.1. The number of thiophene rings is 1. The summed E-state index contributed by atoms with van der Waals surface area (Å²) < 4.78 is 13.4. The van der Waals surface area contributed by atoms with Crippen molar-refractivity contribution in [3.63, 3.8) is 0 Å². The number of nitrogens with zero attached hydrogens (tertiary/aromatic N) is 3. The number of halogens is 1. The Kier molecular flexibility index (Phi) is 5.78. The first-order chi connectivity index (χ1) is 15.3. The van der Waals surface area contributed by atoms with Gasteiger partial charge in [-0.2, -0.15) is 0 Å². The molecule has 0 fully saturated rings. The van der Waals surface area contributed by atoms with Gasteiger partial charge in [0, 0.05) is 16.6 Å². The van der Waals surface area contributed by atoms with E-state index in [-0.39, 0.29) is 24.0 Å². The number of rotatable bonds is 7. The lowest BCUT2D eigenvalue weighted by Crippen LogP contribution is -2.23. The van der Waals surface area contributed by atoms with Crippen molar-refractivity contribution in [1.82, 2.24) is 15.0 Å². The van der Waals surface area contributed by atoms with E-state index in [9.17, 15) is 24.2 Å². The molecule has 0 saturated carbocycles. The summed E-state index contributed by atoms with van der Waals surface area (Å²) >= 11 is 1.22. The molecule has 0 saturated heterocycles. The number of hydrogen-bond donors (Lipinski definition) is 3. The minimum absolute atomic E-state index is 0.275. The quantitative estimate of drug-likeness (QED) is 0.359. The number of hydrogen-bond acceptors (Lipinski definition) is 7. The Morgan fingerprint density at radius 2 is 1.78 bits per heavy atom. The highest BCUT2D eigenvalue weighted by molar-refractivity contribution is 7.17. The number of aryl methyl sites for hydroxylation is 1. The lowest BCUT2D eigenvalue weighted by atomic mass is 10.1. The van der Waals surface area contributed by atoms with Crippen molar-refractivity contribution < 1.29 is 24.2 Å². The van der Waals surface area contributed by atoms with Crippen molar-refractivity contribution in [3.05, 3.63) is 70.9 Å². The Morgan fingerprint density at radius 1 is 1.06 bits per heavy atom. The molecule has 0 aliphatic carbocycles. The molecule has 1 aromatic carbocycles. The molecule has 8 nitrogen and oxygen atoms in total. The first-order valence-electron chi connectivity index (χ1n) is 9.50. The third-order valence-electron chi connectivity index (χ3n) is 4.74. The summed E-state index contributed by atoms with van der Waals surface area (Å²) in [4.78, 5) is 36.4. The second-order valence-electron chi connectivity index (χ2n) is 7.00. The molecule has 3 aromatic heterocycles. The lowest BCUT2D eigenvalue weighted by Gasteiger charge is -2.12. The summed E-state index contributed by atoms with van der Waals surface area (Å²) in [6.07, 6.45) is 0. The van der Waals surface area contributed by atoms with E-state index >= 15 is 0 Å². The van der Waals surface area contributed by atoms with Crippen LogP contribution in [0.4, 0.5) is 10.2 Å². The van der Waals surface area contributed by atoms with Gasteiger partial charge in [0.25, 0.3) is 0 Å². The van der Waals surface area contributed by atoms with Crippen LogP contribution in [-0.2, 0) is 16.1 Å². The van der Waals surface area contributed by atoms with Gasteiger partial charge in [-0.3, -0.25) is 14.6 Å². The molecule has 0 amide bonds. The molecule has 0 radical (unpaired) electrons. The maximum atomic E-state index is 13.4. The summed E-state index contributed by atoms with van der Waals surface area (Å²) in [7, 11) is 0. The highest BCUT2D eigenvalue weighted by Crippen LogP contribution is 2.38. The maximum absolute atomic E-state index is 13.4. The van der Waals surface area contributed by atoms with Crippen LogP contribution in [0.15, 0.2) is 47.8 Å². The van der Waals surface area contributed by atoms with Gasteiger partial charge < -0.3 is 15.5 Å². The predicted molar refractivity (Wildman–Crippen MR) is 117 cm³/mol. The molecule has 4 aromatic rings. The van der Waals surface area contributed by atoms with E-state index in [0.29, 0.717) is 10.2 Å².